The van der Waals surface area contributed by atoms with E-state index in [1.807, 2.05) is 82.3 Å². The zero-order valence-corrected chi connectivity index (χ0v) is 18.4. The molecule has 0 unspecified atom stereocenters. The van der Waals surface area contributed by atoms with Crippen LogP contribution in [0.15, 0.2) is 59.6 Å². The number of thioether (sulfide) groups is 1. The van der Waals surface area contributed by atoms with E-state index in [1.54, 1.807) is 0 Å². The van der Waals surface area contributed by atoms with Crippen molar-refractivity contribution in [3.63, 3.8) is 0 Å². The minimum atomic E-state index is -0.233. The zero-order valence-electron chi connectivity index (χ0n) is 17.6. The van der Waals surface area contributed by atoms with Crippen molar-refractivity contribution in [2.45, 2.75) is 32.7 Å². The molecule has 0 bridgehead atoms. The summed E-state index contributed by atoms with van der Waals surface area (Å²) >= 11 is 1.27. The van der Waals surface area contributed by atoms with E-state index in [9.17, 15) is 9.59 Å². The first-order valence-corrected chi connectivity index (χ1v) is 10.7. The van der Waals surface area contributed by atoms with Crippen molar-refractivity contribution in [2.75, 3.05) is 16.4 Å². The van der Waals surface area contributed by atoms with Crippen LogP contribution in [-0.4, -0.2) is 22.6 Å². The van der Waals surface area contributed by atoms with Crippen LogP contribution in [0.25, 0.3) is 0 Å². The number of nitrogens with zero attached hydrogens (tertiary/aromatic N) is 1. The maximum atomic E-state index is 12.9. The topological polar surface area (TPSA) is 71.1 Å². The Balaban J connectivity index is 1.77. The van der Waals surface area contributed by atoms with Crippen molar-refractivity contribution in [3.05, 3.63) is 82.5 Å². The first-order valence-electron chi connectivity index (χ1n) is 9.68. The molecular formula is C24H25N3O2S. The Morgan fingerprint density at radius 3 is 2.20 bits per heavy atom. The van der Waals surface area contributed by atoms with Crippen molar-refractivity contribution >= 4 is 35.0 Å². The van der Waals surface area contributed by atoms with Gasteiger partial charge in [-0.15, -0.1) is 0 Å². The molecule has 154 valence electrons. The second kappa shape index (κ2) is 9.59. The van der Waals surface area contributed by atoms with Gasteiger partial charge in [-0.05, 0) is 62.6 Å². The standard InChI is InChI=1S/C24H25N3O2S/c1-15-9-8-10-16(2)22(15)27-20(28)14-30-24-21(17(3)13-18(4)25-24)23(29)26-19-11-6-5-7-12-19/h5-13H,14H2,1-4H3,(H,26,29)(H,27,28). The highest BCUT2D eigenvalue weighted by Crippen LogP contribution is 2.26. The maximum absolute atomic E-state index is 12.9. The zero-order chi connectivity index (χ0) is 21.7. The van der Waals surface area contributed by atoms with Crippen LogP contribution in [0.4, 0.5) is 11.4 Å². The average molecular weight is 420 g/mol. The number of benzene rings is 2. The fourth-order valence-electron chi connectivity index (χ4n) is 3.22. The van der Waals surface area contributed by atoms with E-state index in [0.717, 1.165) is 28.1 Å². The van der Waals surface area contributed by atoms with Crippen molar-refractivity contribution in [2.24, 2.45) is 0 Å². The largest absolute Gasteiger partial charge is 0.325 e. The second-order valence-corrected chi connectivity index (χ2v) is 8.15. The third-order valence-corrected chi connectivity index (χ3v) is 5.63. The fraction of sp³-hybridized carbons (Fsp3) is 0.208. The van der Waals surface area contributed by atoms with Crippen molar-refractivity contribution < 1.29 is 9.59 Å². The fourth-order valence-corrected chi connectivity index (χ4v) is 4.17. The number of anilines is 2. The lowest BCUT2D eigenvalue weighted by molar-refractivity contribution is -0.113. The highest BCUT2D eigenvalue weighted by Gasteiger charge is 2.19. The monoisotopic (exact) mass is 419 g/mol. The Labute approximate surface area is 181 Å². The van der Waals surface area contributed by atoms with Gasteiger partial charge in [-0.1, -0.05) is 48.2 Å². The van der Waals surface area contributed by atoms with E-state index in [1.165, 1.54) is 11.8 Å². The minimum Gasteiger partial charge on any atom is -0.325 e. The highest BCUT2D eigenvalue weighted by atomic mass is 32.2. The first-order chi connectivity index (χ1) is 14.3. The van der Waals surface area contributed by atoms with E-state index in [4.69, 9.17) is 0 Å². The molecule has 2 N–H and O–H groups in total. The number of hydrogen-bond donors (Lipinski definition) is 2. The number of aromatic nitrogens is 1. The van der Waals surface area contributed by atoms with Gasteiger partial charge in [0.2, 0.25) is 5.91 Å². The van der Waals surface area contributed by atoms with Crippen LogP contribution < -0.4 is 10.6 Å². The van der Waals surface area contributed by atoms with E-state index >= 15 is 0 Å². The van der Waals surface area contributed by atoms with Crippen LogP contribution in [0.3, 0.4) is 0 Å². The molecule has 0 aliphatic carbocycles. The minimum absolute atomic E-state index is 0.132. The first kappa shape index (κ1) is 21.6. The molecule has 6 heteroatoms. The highest BCUT2D eigenvalue weighted by molar-refractivity contribution is 8.00. The molecule has 1 aromatic heterocycles. The van der Waals surface area contributed by atoms with Crippen LogP contribution in [-0.2, 0) is 4.79 Å². The third-order valence-electron chi connectivity index (χ3n) is 4.66. The summed E-state index contributed by atoms with van der Waals surface area (Å²) in [7, 11) is 0. The summed E-state index contributed by atoms with van der Waals surface area (Å²) < 4.78 is 0. The van der Waals surface area contributed by atoms with Gasteiger partial charge in [-0.25, -0.2) is 4.98 Å². The molecule has 3 aromatic rings. The number of pyridine rings is 1. The summed E-state index contributed by atoms with van der Waals surface area (Å²) in [4.78, 5) is 30.0. The molecule has 5 nitrogen and oxygen atoms in total. The Kier molecular flexibility index (Phi) is 6.90. The summed E-state index contributed by atoms with van der Waals surface area (Å²) in [6.45, 7) is 7.70. The average Bonchev–Trinajstić information content (AvgIpc) is 2.69. The maximum Gasteiger partial charge on any atom is 0.258 e. The summed E-state index contributed by atoms with van der Waals surface area (Å²) in [5, 5.41) is 6.44. The van der Waals surface area contributed by atoms with Gasteiger partial charge >= 0.3 is 0 Å². The van der Waals surface area contributed by atoms with Crippen LogP contribution in [0.5, 0.6) is 0 Å². The molecule has 1 heterocycles. The lowest BCUT2D eigenvalue weighted by Crippen LogP contribution is -2.18. The Morgan fingerprint density at radius 1 is 0.867 bits per heavy atom. The number of amides is 2. The Hall–Kier alpha value is -3.12. The van der Waals surface area contributed by atoms with Gasteiger partial charge in [0, 0.05) is 17.1 Å². The lowest BCUT2D eigenvalue weighted by Gasteiger charge is -2.14. The van der Waals surface area contributed by atoms with Gasteiger partial charge < -0.3 is 10.6 Å². The van der Waals surface area contributed by atoms with Gasteiger partial charge in [-0.2, -0.15) is 0 Å². The van der Waals surface area contributed by atoms with Crippen LogP contribution in [0.1, 0.15) is 32.7 Å². The summed E-state index contributed by atoms with van der Waals surface area (Å²) in [6, 6.07) is 17.1. The quantitative estimate of drug-likeness (QED) is 0.532. The SMILES string of the molecule is Cc1cc(C)c(C(=O)Nc2ccccc2)c(SCC(=O)Nc2c(C)cccc2C)n1. The summed E-state index contributed by atoms with van der Waals surface area (Å²) in [6.07, 6.45) is 0. The molecule has 0 aliphatic rings. The summed E-state index contributed by atoms with van der Waals surface area (Å²) in [5.74, 6) is -0.202. The van der Waals surface area contributed by atoms with Crippen molar-refractivity contribution in [1.82, 2.24) is 4.98 Å². The van der Waals surface area contributed by atoms with Crippen LogP contribution in [0.2, 0.25) is 0 Å². The number of rotatable bonds is 6. The predicted molar refractivity (Wildman–Crippen MR) is 123 cm³/mol. The summed E-state index contributed by atoms with van der Waals surface area (Å²) in [5.41, 5.74) is 5.70. The Bertz CT molecular complexity index is 1060. The predicted octanol–water partition coefficient (Wildman–Crippen LogP) is 5.30. The van der Waals surface area contributed by atoms with Gasteiger partial charge in [0.15, 0.2) is 0 Å². The van der Waals surface area contributed by atoms with Crippen LogP contribution in [0, 0.1) is 27.7 Å². The van der Waals surface area contributed by atoms with Gasteiger partial charge in [0.25, 0.3) is 5.91 Å². The smallest absolute Gasteiger partial charge is 0.258 e. The molecule has 0 saturated carbocycles. The van der Waals surface area contributed by atoms with E-state index < -0.39 is 0 Å². The molecule has 2 aromatic carbocycles. The van der Waals surface area contributed by atoms with Crippen LogP contribution >= 0.6 is 11.8 Å². The molecule has 0 atom stereocenters. The van der Waals surface area contributed by atoms with E-state index in [0.29, 0.717) is 16.3 Å². The molecule has 0 spiro atoms. The van der Waals surface area contributed by atoms with Crippen molar-refractivity contribution in [3.8, 4) is 0 Å². The van der Waals surface area contributed by atoms with E-state index in [-0.39, 0.29) is 17.6 Å². The van der Waals surface area contributed by atoms with Crippen molar-refractivity contribution in [1.29, 1.82) is 0 Å². The molecule has 0 fully saturated rings. The Morgan fingerprint density at radius 2 is 1.53 bits per heavy atom. The number of hydrogen-bond acceptors (Lipinski definition) is 4. The molecule has 3 rings (SSSR count). The van der Waals surface area contributed by atoms with Gasteiger partial charge in [0.05, 0.1) is 11.3 Å². The number of nitrogens with one attached hydrogen (secondary N) is 2. The lowest BCUT2D eigenvalue weighted by atomic mass is 10.1. The van der Waals surface area contributed by atoms with Gasteiger partial charge in [-0.3, -0.25) is 9.59 Å². The third kappa shape index (κ3) is 5.27. The number of aryl methyl sites for hydroxylation is 4. The molecule has 2 amide bonds. The number of carbonyl (C=O) groups excluding carboxylic acids is 2. The molecule has 0 saturated heterocycles. The molecule has 30 heavy (non-hydrogen) atoms. The number of carbonyl (C=O) groups is 2. The molecular weight excluding hydrogens is 394 g/mol. The molecule has 0 radical (unpaired) electrons. The second-order valence-electron chi connectivity index (χ2n) is 7.18. The number of para-hydroxylation sites is 2. The molecule has 0 aliphatic heterocycles. The normalized spacial score (nSPS) is 10.5. The van der Waals surface area contributed by atoms with Gasteiger partial charge in [0.1, 0.15) is 5.03 Å². The van der Waals surface area contributed by atoms with E-state index in [2.05, 4.69) is 15.6 Å².